The normalized spacial score (nSPS) is 12.0. The zero-order chi connectivity index (χ0) is 18.7. The van der Waals surface area contributed by atoms with Gasteiger partial charge in [0.1, 0.15) is 5.56 Å². The van der Waals surface area contributed by atoms with Gasteiger partial charge in [0.25, 0.3) is 5.91 Å². The van der Waals surface area contributed by atoms with Crippen LogP contribution in [0.4, 0.5) is 13.2 Å². The van der Waals surface area contributed by atoms with Crippen LogP contribution in [0.1, 0.15) is 20.0 Å². The molecule has 134 valence electrons. The summed E-state index contributed by atoms with van der Waals surface area (Å²) in [6.07, 6.45) is 2.70. The molecule has 2 heterocycles. The van der Waals surface area contributed by atoms with Crippen LogP contribution in [-0.2, 0) is 16.6 Å². The van der Waals surface area contributed by atoms with E-state index in [2.05, 4.69) is 0 Å². The van der Waals surface area contributed by atoms with Gasteiger partial charge < -0.3 is 0 Å². The molecule has 0 aromatic carbocycles. The highest BCUT2D eigenvalue weighted by molar-refractivity contribution is 7.90. The fraction of sp³-hybridized carbons (Fsp3) is 0.154. The number of aromatic nitrogens is 1. The summed E-state index contributed by atoms with van der Waals surface area (Å²) in [5.41, 5.74) is -4.22. The molecule has 2 aromatic heterocycles. The second kappa shape index (κ2) is 7.29. The Morgan fingerprint density at radius 2 is 1.92 bits per heavy atom. The van der Waals surface area contributed by atoms with Gasteiger partial charge in [0.05, 0.1) is 4.88 Å². The molecule has 0 unspecified atom stereocenters. The van der Waals surface area contributed by atoms with Crippen molar-refractivity contribution >= 4 is 33.1 Å². The number of hydrogen-bond donors (Lipinski definition) is 2. The van der Waals surface area contributed by atoms with Gasteiger partial charge >= 0.3 is 15.5 Å². The lowest BCUT2D eigenvalue weighted by molar-refractivity contribution is -0.683. The highest BCUT2D eigenvalue weighted by Crippen LogP contribution is 2.20. The number of carbonyl (C=O) groups excluding carboxylic acids is 2. The van der Waals surface area contributed by atoms with Crippen LogP contribution in [0.3, 0.4) is 0 Å². The molecule has 2 aromatic rings. The standard InChI is InChI=1S/C13H10F3N3O4S2/c14-13(15,16)25(22,23)18-17-12(21)9-3-1-5-19(7-9)8-10(20)11-4-2-6-24-11/h1-7,18H,8H2/p+1. The average Bonchev–Trinajstić information content (AvgIpc) is 3.06. The molecule has 0 aliphatic rings. The number of hydrogen-bond acceptors (Lipinski definition) is 5. The summed E-state index contributed by atoms with van der Waals surface area (Å²) in [5, 5.41) is 1.73. The molecule has 0 bridgehead atoms. The molecule has 2 rings (SSSR count). The predicted octanol–water partition coefficient (Wildman–Crippen LogP) is 1.00. The molecule has 0 aliphatic carbocycles. The number of Topliss-reactive ketones (excluding diaryl/α,β-unsaturated/α-hetero) is 1. The molecule has 0 spiro atoms. The van der Waals surface area contributed by atoms with E-state index in [1.165, 1.54) is 45.9 Å². The maximum absolute atomic E-state index is 12.2. The maximum atomic E-state index is 12.2. The topological polar surface area (TPSA) is 96.2 Å². The van der Waals surface area contributed by atoms with E-state index in [9.17, 15) is 31.2 Å². The third kappa shape index (κ3) is 4.84. The van der Waals surface area contributed by atoms with E-state index >= 15 is 0 Å². The largest absolute Gasteiger partial charge is 0.513 e. The number of hydrazine groups is 1. The Bertz CT molecular complexity index is 880. The molecule has 25 heavy (non-hydrogen) atoms. The van der Waals surface area contributed by atoms with Crippen molar-refractivity contribution in [2.75, 3.05) is 0 Å². The number of halogens is 3. The Morgan fingerprint density at radius 1 is 1.20 bits per heavy atom. The van der Waals surface area contributed by atoms with Gasteiger partial charge in [0.2, 0.25) is 12.3 Å². The molecule has 0 aliphatic heterocycles. The number of sulfonamides is 1. The molecule has 0 saturated carbocycles. The summed E-state index contributed by atoms with van der Waals surface area (Å²) >= 11 is 1.25. The van der Waals surface area contributed by atoms with Gasteiger partial charge in [0, 0.05) is 6.07 Å². The number of pyridine rings is 1. The molecule has 2 N–H and O–H groups in total. The number of nitrogens with zero attached hydrogens (tertiary/aromatic N) is 1. The van der Waals surface area contributed by atoms with Crippen LogP contribution >= 0.6 is 11.3 Å². The van der Waals surface area contributed by atoms with Crippen LogP contribution in [0, 0.1) is 0 Å². The van der Waals surface area contributed by atoms with Crippen LogP contribution in [0.5, 0.6) is 0 Å². The zero-order valence-electron chi connectivity index (χ0n) is 12.3. The molecule has 12 heteroatoms. The van der Waals surface area contributed by atoms with Gasteiger partial charge in [-0.05, 0) is 17.5 Å². The third-order valence-electron chi connectivity index (χ3n) is 2.85. The van der Waals surface area contributed by atoms with E-state index in [4.69, 9.17) is 0 Å². The maximum Gasteiger partial charge on any atom is 0.513 e. The fourth-order valence-corrected chi connectivity index (χ4v) is 2.68. The highest BCUT2D eigenvalue weighted by atomic mass is 32.2. The second-order valence-corrected chi connectivity index (χ2v) is 7.29. The zero-order valence-corrected chi connectivity index (χ0v) is 13.9. The van der Waals surface area contributed by atoms with Gasteiger partial charge in [-0.3, -0.25) is 15.0 Å². The Morgan fingerprint density at radius 3 is 2.52 bits per heavy atom. The minimum Gasteiger partial charge on any atom is -0.286 e. The lowest BCUT2D eigenvalue weighted by atomic mass is 10.2. The summed E-state index contributed by atoms with van der Waals surface area (Å²) in [7, 11) is -5.70. The van der Waals surface area contributed by atoms with Crippen molar-refractivity contribution in [2.45, 2.75) is 12.1 Å². The smallest absolute Gasteiger partial charge is 0.286 e. The molecule has 0 saturated heterocycles. The SMILES string of the molecule is O=C(NNS(=O)(=O)C(F)(F)F)c1ccc[n+](CC(=O)c2cccs2)c1. The monoisotopic (exact) mass is 394 g/mol. The van der Waals surface area contributed by atoms with Crippen molar-refractivity contribution in [2.24, 2.45) is 0 Å². The quantitative estimate of drug-likeness (QED) is 0.434. The molecular formula is C13H11F3N3O4S2+. The van der Waals surface area contributed by atoms with Gasteiger partial charge in [0.15, 0.2) is 12.4 Å². The first kappa shape index (κ1) is 19.0. The first-order chi connectivity index (χ1) is 11.6. The van der Waals surface area contributed by atoms with Crippen LogP contribution in [0.2, 0.25) is 0 Å². The van der Waals surface area contributed by atoms with Gasteiger partial charge in [-0.1, -0.05) is 6.07 Å². The number of carbonyl (C=O) groups is 2. The fourth-order valence-electron chi connectivity index (χ4n) is 1.68. The van der Waals surface area contributed by atoms with E-state index in [-0.39, 0.29) is 17.9 Å². The first-order valence-corrected chi connectivity index (χ1v) is 8.90. The van der Waals surface area contributed by atoms with E-state index in [1.807, 2.05) is 0 Å². The van der Waals surface area contributed by atoms with Crippen molar-refractivity contribution < 1.29 is 35.7 Å². The lowest BCUT2D eigenvalue weighted by Gasteiger charge is -2.10. The number of amides is 1. The molecule has 0 atom stereocenters. The Balaban J connectivity index is 2.05. The van der Waals surface area contributed by atoms with Crippen molar-refractivity contribution in [3.63, 3.8) is 0 Å². The van der Waals surface area contributed by atoms with Gasteiger partial charge in [-0.2, -0.15) is 17.7 Å². The van der Waals surface area contributed by atoms with Gasteiger partial charge in [-0.25, -0.2) is 8.42 Å². The van der Waals surface area contributed by atoms with Crippen molar-refractivity contribution in [1.82, 2.24) is 10.3 Å². The second-order valence-electron chi connectivity index (χ2n) is 4.67. The van der Waals surface area contributed by atoms with Crippen LogP contribution < -0.4 is 14.8 Å². The van der Waals surface area contributed by atoms with Crippen molar-refractivity contribution in [3.8, 4) is 0 Å². The summed E-state index contributed by atoms with van der Waals surface area (Å²) in [6.45, 7) is -0.0874. The van der Waals surface area contributed by atoms with E-state index in [0.29, 0.717) is 4.88 Å². The van der Waals surface area contributed by atoms with Crippen LogP contribution in [0.15, 0.2) is 42.0 Å². The number of rotatable bonds is 6. The van der Waals surface area contributed by atoms with Crippen molar-refractivity contribution in [1.29, 1.82) is 0 Å². The number of ketones is 1. The summed E-state index contributed by atoms with van der Waals surface area (Å²) in [6, 6.07) is 5.99. The highest BCUT2D eigenvalue weighted by Gasteiger charge is 2.46. The lowest BCUT2D eigenvalue weighted by Crippen LogP contribution is -2.48. The van der Waals surface area contributed by atoms with E-state index in [0.717, 1.165) is 4.83 Å². The first-order valence-electron chi connectivity index (χ1n) is 6.54. The molecule has 1 amide bonds. The number of nitrogens with one attached hydrogen (secondary N) is 2. The summed E-state index contributed by atoms with van der Waals surface area (Å²) in [4.78, 5) is 25.2. The molecular weight excluding hydrogens is 383 g/mol. The minimum absolute atomic E-state index is 0.0874. The number of thiophene rings is 1. The van der Waals surface area contributed by atoms with E-state index < -0.39 is 21.4 Å². The molecule has 7 nitrogen and oxygen atoms in total. The predicted molar refractivity (Wildman–Crippen MR) is 80.9 cm³/mol. The van der Waals surface area contributed by atoms with Crippen LogP contribution in [-0.4, -0.2) is 25.6 Å². The Labute approximate surface area is 144 Å². The van der Waals surface area contributed by atoms with E-state index in [1.54, 1.807) is 17.5 Å². The number of alkyl halides is 3. The minimum atomic E-state index is -5.70. The average molecular weight is 394 g/mol. The van der Waals surface area contributed by atoms with Gasteiger partial charge in [-0.15, -0.1) is 16.2 Å². The Hall–Kier alpha value is -2.31. The Kier molecular flexibility index (Phi) is 5.55. The summed E-state index contributed by atoms with van der Waals surface area (Å²) in [5.74, 6) is -1.32. The molecule has 0 fully saturated rings. The van der Waals surface area contributed by atoms with Crippen LogP contribution in [0.25, 0.3) is 0 Å². The summed E-state index contributed by atoms with van der Waals surface area (Å²) < 4.78 is 59.6. The van der Waals surface area contributed by atoms with Crippen molar-refractivity contribution in [3.05, 3.63) is 52.5 Å². The third-order valence-corrected chi connectivity index (χ3v) is 4.74. The molecule has 0 radical (unpaired) electrons.